The monoisotopic (exact) mass is 137 g/mol. The molecule has 0 bridgehead atoms. The zero-order chi connectivity index (χ0) is 7.82. The van der Waals surface area contributed by atoms with E-state index in [0.717, 1.165) is 0 Å². The third-order valence-corrected chi connectivity index (χ3v) is 0.743. The lowest BCUT2D eigenvalue weighted by molar-refractivity contribution is 0.872. The number of allylic oxidation sites excluding steroid dienone is 3. The summed E-state index contributed by atoms with van der Waals surface area (Å²) in [5.41, 5.74) is 2.38. The van der Waals surface area contributed by atoms with Crippen molar-refractivity contribution in [1.82, 2.24) is 5.43 Å². The van der Waals surface area contributed by atoms with E-state index in [1.165, 1.54) is 6.21 Å². The molecule has 0 radical (unpaired) electrons. The van der Waals surface area contributed by atoms with Crippen molar-refractivity contribution in [3.8, 4) is 0 Å². The van der Waals surface area contributed by atoms with Gasteiger partial charge in [-0.2, -0.15) is 0 Å². The van der Waals surface area contributed by atoms with Crippen LogP contribution in [0.4, 0.5) is 0 Å². The van der Waals surface area contributed by atoms with Gasteiger partial charge in [0.05, 0.1) is 0 Å². The first-order valence-corrected chi connectivity index (χ1v) is 2.79. The zero-order valence-corrected chi connectivity index (χ0v) is 5.75. The molecule has 0 aromatic heterocycles. The highest BCUT2D eigenvalue weighted by molar-refractivity contribution is 5.71. The second kappa shape index (κ2) is 5.78. The molecule has 3 heteroatoms. The van der Waals surface area contributed by atoms with Crippen LogP contribution in [0.25, 0.3) is 0 Å². The van der Waals surface area contributed by atoms with Gasteiger partial charge in [0, 0.05) is 6.21 Å². The fraction of sp³-hybridized carbons (Fsp3) is 0. The SMILES string of the molecule is C=C/C=N\C(=C/C=C)NN. The summed E-state index contributed by atoms with van der Waals surface area (Å²) < 4.78 is 0. The van der Waals surface area contributed by atoms with Gasteiger partial charge in [0.1, 0.15) is 5.82 Å². The van der Waals surface area contributed by atoms with Crippen LogP contribution >= 0.6 is 0 Å². The molecule has 0 aromatic rings. The van der Waals surface area contributed by atoms with Crippen LogP contribution in [-0.2, 0) is 0 Å². The van der Waals surface area contributed by atoms with Gasteiger partial charge in [-0.15, -0.1) is 0 Å². The molecule has 3 nitrogen and oxygen atoms in total. The van der Waals surface area contributed by atoms with Crippen molar-refractivity contribution in [3.63, 3.8) is 0 Å². The molecule has 3 N–H and O–H groups in total. The molecule has 0 heterocycles. The number of nitrogens with one attached hydrogen (secondary N) is 1. The molecular formula is C7H11N3. The van der Waals surface area contributed by atoms with E-state index in [1.54, 1.807) is 18.2 Å². The highest BCUT2D eigenvalue weighted by Crippen LogP contribution is 1.86. The van der Waals surface area contributed by atoms with Crippen molar-refractivity contribution >= 4 is 6.21 Å². The van der Waals surface area contributed by atoms with Gasteiger partial charge in [0.15, 0.2) is 0 Å². The predicted octanol–water partition coefficient (Wildman–Crippen LogP) is 0.734. The maximum Gasteiger partial charge on any atom is 0.139 e. The van der Waals surface area contributed by atoms with Crippen LogP contribution in [0.5, 0.6) is 0 Å². The van der Waals surface area contributed by atoms with E-state index < -0.39 is 0 Å². The normalized spacial score (nSPS) is 11.5. The maximum absolute atomic E-state index is 5.09. The second-order valence-electron chi connectivity index (χ2n) is 1.45. The summed E-state index contributed by atoms with van der Waals surface area (Å²) in [6, 6.07) is 0. The van der Waals surface area contributed by atoms with Crippen LogP contribution in [0.2, 0.25) is 0 Å². The lowest BCUT2D eigenvalue weighted by Gasteiger charge is -1.94. The molecule has 0 aliphatic heterocycles. The molecule has 0 aliphatic carbocycles. The Balaban J connectivity index is 4.06. The first kappa shape index (κ1) is 8.65. The molecule has 0 amide bonds. The Morgan fingerprint density at radius 2 is 2.10 bits per heavy atom. The maximum atomic E-state index is 5.09. The number of hydrogen-bond acceptors (Lipinski definition) is 3. The summed E-state index contributed by atoms with van der Waals surface area (Å²) in [4.78, 5) is 3.86. The van der Waals surface area contributed by atoms with Crippen LogP contribution in [0.15, 0.2) is 42.2 Å². The molecular weight excluding hydrogens is 126 g/mol. The standard InChI is InChI=1S/C7H11N3/c1-3-5-7(10-8)9-6-4-2/h3-6,10H,1-2,8H2/b7-5+,9-6-. The summed E-state index contributed by atoms with van der Waals surface area (Å²) in [7, 11) is 0. The van der Waals surface area contributed by atoms with Crippen LogP contribution in [0.1, 0.15) is 0 Å². The predicted molar refractivity (Wildman–Crippen MR) is 44.3 cm³/mol. The van der Waals surface area contributed by atoms with E-state index >= 15 is 0 Å². The fourth-order valence-electron chi connectivity index (χ4n) is 0.373. The molecule has 0 rings (SSSR count). The van der Waals surface area contributed by atoms with Gasteiger partial charge in [-0.3, -0.25) is 0 Å². The topological polar surface area (TPSA) is 50.4 Å². The minimum Gasteiger partial charge on any atom is -0.308 e. The minimum atomic E-state index is 0.551. The van der Waals surface area contributed by atoms with Crippen LogP contribution in [0, 0.1) is 0 Å². The summed E-state index contributed by atoms with van der Waals surface area (Å²) in [6.45, 7) is 6.94. The Morgan fingerprint density at radius 3 is 2.50 bits per heavy atom. The summed E-state index contributed by atoms with van der Waals surface area (Å²) in [5, 5.41) is 0. The van der Waals surface area contributed by atoms with Crippen molar-refractivity contribution < 1.29 is 0 Å². The quantitative estimate of drug-likeness (QED) is 0.260. The van der Waals surface area contributed by atoms with Crippen molar-refractivity contribution in [2.45, 2.75) is 0 Å². The first-order chi connectivity index (χ1) is 4.85. The summed E-state index contributed by atoms with van der Waals surface area (Å²) in [6.07, 6.45) is 6.35. The van der Waals surface area contributed by atoms with E-state index in [9.17, 15) is 0 Å². The van der Waals surface area contributed by atoms with Gasteiger partial charge in [-0.1, -0.05) is 25.3 Å². The Kier molecular flexibility index (Phi) is 5.00. The molecule has 0 saturated carbocycles. The summed E-state index contributed by atoms with van der Waals surface area (Å²) >= 11 is 0. The number of hydrogen-bond donors (Lipinski definition) is 2. The van der Waals surface area contributed by atoms with Crippen LogP contribution in [0.3, 0.4) is 0 Å². The molecule has 0 aliphatic rings. The largest absolute Gasteiger partial charge is 0.308 e. The van der Waals surface area contributed by atoms with Crippen molar-refractivity contribution in [3.05, 3.63) is 37.2 Å². The first-order valence-electron chi connectivity index (χ1n) is 2.79. The smallest absolute Gasteiger partial charge is 0.139 e. The molecule has 0 saturated heterocycles. The third kappa shape index (κ3) is 3.63. The van der Waals surface area contributed by atoms with Crippen LogP contribution in [-0.4, -0.2) is 6.21 Å². The van der Waals surface area contributed by atoms with Crippen LogP contribution < -0.4 is 11.3 Å². The van der Waals surface area contributed by atoms with E-state index in [-0.39, 0.29) is 0 Å². The number of nitrogens with zero attached hydrogens (tertiary/aromatic N) is 1. The molecule has 0 aromatic carbocycles. The van der Waals surface area contributed by atoms with E-state index in [1.807, 2.05) is 0 Å². The molecule has 10 heavy (non-hydrogen) atoms. The Bertz CT molecular complexity index is 168. The van der Waals surface area contributed by atoms with E-state index in [0.29, 0.717) is 5.82 Å². The number of aliphatic imine (C=N–C) groups is 1. The van der Waals surface area contributed by atoms with Gasteiger partial charge >= 0.3 is 0 Å². The third-order valence-electron chi connectivity index (χ3n) is 0.743. The lowest BCUT2D eigenvalue weighted by atomic mass is 10.5. The van der Waals surface area contributed by atoms with Crippen molar-refractivity contribution in [2.75, 3.05) is 0 Å². The lowest BCUT2D eigenvalue weighted by Crippen LogP contribution is -2.19. The number of hydrazine groups is 1. The molecule has 0 atom stereocenters. The molecule has 54 valence electrons. The average molecular weight is 137 g/mol. The Hall–Kier alpha value is -1.35. The van der Waals surface area contributed by atoms with Gasteiger partial charge in [0.25, 0.3) is 0 Å². The molecule has 0 unspecified atom stereocenters. The van der Waals surface area contributed by atoms with Gasteiger partial charge < -0.3 is 5.43 Å². The Morgan fingerprint density at radius 1 is 1.40 bits per heavy atom. The Labute approximate surface area is 60.6 Å². The molecule has 0 fully saturated rings. The van der Waals surface area contributed by atoms with Gasteiger partial charge in [0.2, 0.25) is 0 Å². The fourth-order valence-corrected chi connectivity index (χ4v) is 0.373. The van der Waals surface area contributed by atoms with Gasteiger partial charge in [-0.25, -0.2) is 10.8 Å². The minimum absolute atomic E-state index is 0.551. The van der Waals surface area contributed by atoms with Gasteiger partial charge in [-0.05, 0) is 6.08 Å². The van der Waals surface area contributed by atoms with E-state index in [2.05, 4.69) is 23.6 Å². The number of rotatable bonds is 4. The highest BCUT2D eigenvalue weighted by Gasteiger charge is 1.80. The number of nitrogens with two attached hydrogens (primary N) is 1. The highest BCUT2D eigenvalue weighted by atomic mass is 15.3. The summed E-state index contributed by atoms with van der Waals surface area (Å²) in [5.74, 6) is 5.64. The second-order valence-corrected chi connectivity index (χ2v) is 1.45. The molecule has 0 spiro atoms. The van der Waals surface area contributed by atoms with Crippen molar-refractivity contribution in [1.29, 1.82) is 0 Å². The van der Waals surface area contributed by atoms with E-state index in [4.69, 9.17) is 5.84 Å². The van der Waals surface area contributed by atoms with Crippen molar-refractivity contribution in [2.24, 2.45) is 10.8 Å². The zero-order valence-electron chi connectivity index (χ0n) is 5.75. The average Bonchev–Trinajstić information content (AvgIpc) is 1.98.